The molecule has 0 aromatic carbocycles. The second-order valence-electron chi connectivity index (χ2n) is 5.63. The molecule has 1 aliphatic heterocycles. The Morgan fingerprint density at radius 1 is 1.16 bits per heavy atom. The number of carbonyl (C=O) groups excluding carboxylic acids is 3. The van der Waals surface area contributed by atoms with E-state index in [4.69, 9.17) is 9.47 Å². The Bertz CT molecular complexity index is 489. The van der Waals surface area contributed by atoms with E-state index in [9.17, 15) is 29.7 Å². The van der Waals surface area contributed by atoms with Gasteiger partial charge in [0.1, 0.15) is 30.4 Å². The van der Waals surface area contributed by atoms with Crippen LogP contribution in [0.3, 0.4) is 0 Å². The summed E-state index contributed by atoms with van der Waals surface area (Å²) in [6.45, 7) is 1.53. The van der Waals surface area contributed by atoms with Gasteiger partial charge in [-0.15, -0.1) is 0 Å². The first-order valence-electron chi connectivity index (χ1n) is 7.71. The van der Waals surface area contributed by atoms with E-state index in [-0.39, 0.29) is 6.61 Å². The van der Waals surface area contributed by atoms with Crippen molar-refractivity contribution in [1.82, 2.24) is 16.0 Å². The number of aliphatic hydroxyl groups excluding tert-OH is 3. The number of ether oxygens (including phenoxy) is 2. The molecule has 3 amide bonds. The van der Waals surface area contributed by atoms with Gasteiger partial charge in [-0.2, -0.15) is 0 Å². The fourth-order valence-corrected chi connectivity index (χ4v) is 2.41. The Balaban J connectivity index is 2.86. The average molecular weight is 363 g/mol. The fraction of sp³-hybridized carbons (Fsp3) is 0.786. The molecule has 144 valence electrons. The van der Waals surface area contributed by atoms with Gasteiger partial charge < -0.3 is 40.7 Å². The molecule has 0 unspecified atom stereocenters. The van der Waals surface area contributed by atoms with E-state index < -0.39 is 61.0 Å². The third-order valence-corrected chi connectivity index (χ3v) is 3.62. The Labute approximate surface area is 144 Å². The molecule has 1 saturated heterocycles. The van der Waals surface area contributed by atoms with Crippen molar-refractivity contribution in [3.63, 3.8) is 0 Å². The molecule has 11 nitrogen and oxygen atoms in total. The van der Waals surface area contributed by atoms with Gasteiger partial charge in [0.25, 0.3) is 0 Å². The van der Waals surface area contributed by atoms with Gasteiger partial charge in [0.05, 0.1) is 13.2 Å². The lowest BCUT2D eigenvalue weighted by Crippen LogP contribution is -2.65. The number of nitrogens with one attached hydrogen (secondary N) is 3. The van der Waals surface area contributed by atoms with Gasteiger partial charge in [0, 0.05) is 20.9 Å². The van der Waals surface area contributed by atoms with Crippen LogP contribution in [0, 0.1) is 0 Å². The molecule has 6 N–H and O–H groups in total. The molecule has 0 aromatic rings. The van der Waals surface area contributed by atoms with Crippen LogP contribution in [0.1, 0.15) is 13.8 Å². The van der Waals surface area contributed by atoms with E-state index in [1.54, 1.807) is 0 Å². The van der Waals surface area contributed by atoms with Gasteiger partial charge >= 0.3 is 0 Å². The van der Waals surface area contributed by atoms with E-state index in [0.29, 0.717) is 0 Å². The molecule has 1 aliphatic rings. The van der Waals surface area contributed by atoms with Crippen molar-refractivity contribution >= 4 is 17.7 Å². The molecule has 0 bridgehead atoms. The third-order valence-electron chi connectivity index (χ3n) is 3.62. The van der Waals surface area contributed by atoms with Crippen LogP contribution in [-0.2, 0) is 23.9 Å². The van der Waals surface area contributed by atoms with Crippen molar-refractivity contribution < 1.29 is 39.2 Å². The number of carbonyl (C=O) groups is 3. The highest BCUT2D eigenvalue weighted by Crippen LogP contribution is 2.22. The van der Waals surface area contributed by atoms with Crippen LogP contribution in [0.4, 0.5) is 0 Å². The summed E-state index contributed by atoms with van der Waals surface area (Å²) in [5.74, 6) is -1.47. The summed E-state index contributed by atoms with van der Waals surface area (Å²) < 4.78 is 10.8. The topological polar surface area (TPSA) is 166 Å². The van der Waals surface area contributed by atoms with E-state index >= 15 is 0 Å². The number of rotatable bonds is 7. The maximum atomic E-state index is 11.8. The Hall–Kier alpha value is -1.79. The molecular formula is C14H25N3O8. The van der Waals surface area contributed by atoms with Crippen molar-refractivity contribution in [2.24, 2.45) is 0 Å². The van der Waals surface area contributed by atoms with Crippen molar-refractivity contribution in [2.75, 3.05) is 20.3 Å². The summed E-state index contributed by atoms with van der Waals surface area (Å²) >= 11 is 0. The highest BCUT2D eigenvalue weighted by atomic mass is 16.7. The predicted octanol–water partition coefficient (Wildman–Crippen LogP) is -3.80. The van der Waals surface area contributed by atoms with E-state index in [1.807, 2.05) is 0 Å². The Kier molecular flexibility index (Phi) is 8.19. The number of amides is 3. The number of hydrogen-bond acceptors (Lipinski definition) is 8. The highest BCUT2D eigenvalue weighted by molar-refractivity contribution is 5.86. The summed E-state index contributed by atoms with van der Waals surface area (Å²) in [4.78, 5) is 34.3. The van der Waals surface area contributed by atoms with Crippen molar-refractivity contribution in [3.8, 4) is 0 Å². The number of likely N-dealkylation sites (N-methyl/N-ethyl adjacent to an activating group) is 1. The molecule has 1 rings (SSSR count). The van der Waals surface area contributed by atoms with Gasteiger partial charge in [0.15, 0.2) is 6.29 Å². The predicted molar refractivity (Wildman–Crippen MR) is 83.0 cm³/mol. The van der Waals surface area contributed by atoms with Crippen molar-refractivity contribution in [3.05, 3.63) is 0 Å². The van der Waals surface area contributed by atoms with Gasteiger partial charge in [-0.05, 0) is 0 Å². The first-order valence-corrected chi connectivity index (χ1v) is 7.71. The standard InChI is InChI=1S/C14H25N3O8/c1-6(19)16-8(13(23)15-3)5-24-14-10(17-7(2)20)12(22)11(21)9(4-18)25-14/h8-12,14,18,21-22H,4-5H2,1-3H3,(H,15,23)(H,16,19)(H,17,20)/t8-,9+,10-,11+,12+,14-/m0/s1. The fourth-order valence-electron chi connectivity index (χ4n) is 2.41. The SMILES string of the molecule is CNC(=O)[C@H](CO[C@H]1O[C@H](CO)[C@@H](O)[C@H](O)[C@@H]1NC(C)=O)NC(C)=O. The molecule has 1 fully saturated rings. The second-order valence-corrected chi connectivity index (χ2v) is 5.63. The van der Waals surface area contributed by atoms with Crippen LogP contribution in [-0.4, -0.2) is 90.0 Å². The minimum absolute atomic E-state index is 0.318. The lowest BCUT2D eigenvalue weighted by molar-refractivity contribution is -0.270. The summed E-state index contributed by atoms with van der Waals surface area (Å²) in [5, 5.41) is 36.4. The molecule has 0 radical (unpaired) electrons. The smallest absolute Gasteiger partial charge is 0.244 e. The molecule has 25 heavy (non-hydrogen) atoms. The minimum atomic E-state index is -1.46. The van der Waals surface area contributed by atoms with E-state index in [2.05, 4.69) is 16.0 Å². The van der Waals surface area contributed by atoms with Gasteiger partial charge in [-0.3, -0.25) is 14.4 Å². The summed E-state index contributed by atoms with van der Waals surface area (Å²) in [5.41, 5.74) is 0. The van der Waals surface area contributed by atoms with Gasteiger partial charge in [0.2, 0.25) is 17.7 Å². The van der Waals surface area contributed by atoms with Crippen LogP contribution in [0.2, 0.25) is 0 Å². The summed E-state index contributed by atoms with van der Waals surface area (Å²) in [6, 6.07) is -2.15. The van der Waals surface area contributed by atoms with Crippen LogP contribution in [0.5, 0.6) is 0 Å². The third kappa shape index (κ3) is 5.90. The molecule has 0 aliphatic carbocycles. The van der Waals surface area contributed by atoms with Crippen molar-refractivity contribution in [2.45, 2.75) is 50.5 Å². The lowest BCUT2D eigenvalue weighted by Gasteiger charge is -2.42. The monoisotopic (exact) mass is 363 g/mol. The maximum Gasteiger partial charge on any atom is 0.244 e. The zero-order chi connectivity index (χ0) is 19.1. The van der Waals surface area contributed by atoms with Gasteiger partial charge in [-0.25, -0.2) is 0 Å². The minimum Gasteiger partial charge on any atom is -0.394 e. The number of aliphatic hydroxyl groups is 3. The quantitative estimate of drug-likeness (QED) is 0.268. The largest absolute Gasteiger partial charge is 0.394 e. The first-order chi connectivity index (χ1) is 11.7. The summed E-state index contributed by atoms with van der Waals surface area (Å²) in [6.07, 6.45) is -5.28. The lowest BCUT2D eigenvalue weighted by atomic mass is 9.97. The Morgan fingerprint density at radius 2 is 1.80 bits per heavy atom. The highest BCUT2D eigenvalue weighted by Gasteiger charge is 2.45. The molecule has 11 heteroatoms. The average Bonchev–Trinajstić information content (AvgIpc) is 2.55. The molecule has 0 saturated carbocycles. The Morgan fingerprint density at radius 3 is 2.28 bits per heavy atom. The van der Waals surface area contributed by atoms with Crippen LogP contribution in [0.25, 0.3) is 0 Å². The van der Waals surface area contributed by atoms with Crippen LogP contribution in [0.15, 0.2) is 0 Å². The van der Waals surface area contributed by atoms with E-state index in [1.165, 1.54) is 20.9 Å². The zero-order valence-electron chi connectivity index (χ0n) is 14.3. The zero-order valence-corrected chi connectivity index (χ0v) is 14.3. The van der Waals surface area contributed by atoms with Gasteiger partial charge in [-0.1, -0.05) is 0 Å². The van der Waals surface area contributed by atoms with Crippen molar-refractivity contribution in [1.29, 1.82) is 0 Å². The molecule has 6 atom stereocenters. The van der Waals surface area contributed by atoms with Crippen LogP contribution < -0.4 is 16.0 Å². The molecular weight excluding hydrogens is 338 g/mol. The molecule has 0 spiro atoms. The summed E-state index contributed by atoms with van der Waals surface area (Å²) in [7, 11) is 1.39. The molecule has 0 aromatic heterocycles. The second kappa shape index (κ2) is 9.63. The van der Waals surface area contributed by atoms with E-state index in [0.717, 1.165) is 0 Å². The number of hydrogen-bond donors (Lipinski definition) is 6. The maximum absolute atomic E-state index is 11.8. The first kappa shape index (κ1) is 21.3. The normalized spacial score (nSPS) is 30.2. The molecule has 1 heterocycles. The van der Waals surface area contributed by atoms with Crippen LogP contribution >= 0.6 is 0 Å².